The van der Waals surface area contributed by atoms with Crippen LogP contribution in [-0.2, 0) is 6.42 Å². The number of nitrogens with one attached hydrogen (secondary N) is 1. The molecule has 0 amide bonds. The zero-order valence-corrected chi connectivity index (χ0v) is 8.47. The summed E-state index contributed by atoms with van der Waals surface area (Å²) >= 11 is 0. The molecule has 1 N–H and O–H groups in total. The van der Waals surface area contributed by atoms with Gasteiger partial charge in [0, 0.05) is 13.0 Å². The van der Waals surface area contributed by atoms with Crippen LogP contribution in [0.2, 0.25) is 0 Å². The summed E-state index contributed by atoms with van der Waals surface area (Å²) in [4.78, 5) is 0. The zero-order chi connectivity index (χ0) is 9.97. The maximum absolute atomic E-state index is 5.57. The van der Waals surface area contributed by atoms with Crippen molar-refractivity contribution in [2.75, 3.05) is 18.5 Å². The van der Waals surface area contributed by atoms with Gasteiger partial charge < -0.3 is 10.1 Å². The molecule has 74 valence electrons. The highest BCUT2D eigenvalue weighted by Crippen LogP contribution is 2.33. The van der Waals surface area contributed by atoms with Crippen molar-refractivity contribution in [1.29, 1.82) is 0 Å². The fourth-order valence-corrected chi connectivity index (χ4v) is 1.60. The first-order valence-electron chi connectivity index (χ1n) is 4.90. The smallest absolute Gasteiger partial charge is 0.145 e. The molecular weight excluding hydrogens is 174 g/mol. The largest absolute Gasteiger partial charge is 0.491 e. The van der Waals surface area contributed by atoms with E-state index in [-0.39, 0.29) is 0 Å². The average molecular weight is 189 g/mol. The lowest BCUT2D eigenvalue weighted by molar-refractivity contribution is 0.358. The van der Waals surface area contributed by atoms with Crippen molar-refractivity contribution in [3.8, 4) is 5.75 Å². The Balaban J connectivity index is 2.17. The summed E-state index contributed by atoms with van der Waals surface area (Å²) < 4.78 is 5.57. The van der Waals surface area contributed by atoms with Crippen molar-refractivity contribution in [3.63, 3.8) is 0 Å². The van der Waals surface area contributed by atoms with Gasteiger partial charge in [-0.3, -0.25) is 0 Å². The third kappa shape index (κ3) is 1.74. The van der Waals surface area contributed by atoms with Crippen molar-refractivity contribution < 1.29 is 4.74 Å². The molecule has 1 heterocycles. The molecule has 0 unspecified atom stereocenters. The van der Waals surface area contributed by atoms with Crippen LogP contribution in [0.1, 0.15) is 12.5 Å². The molecule has 1 aromatic rings. The quantitative estimate of drug-likeness (QED) is 0.738. The van der Waals surface area contributed by atoms with Gasteiger partial charge in [-0.1, -0.05) is 24.3 Å². The number of hydrogen-bond acceptors (Lipinski definition) is 2. The van der Waals surface area contributed by atoms with Gasteiger partial charge in [0.05, 0.1) is 12.3 Å². The average Bonchev–Trinajstić information content (AvgIpc) is 2.62. The summed E-state index contributed by atoms with van der Waals surface area (Å²) in [5.41, 5.74) is 3.51. The Bertz CT molecular complexity index is 357. The molecule has 0 fully saturated rings. The van der Waals surface area contributed by atoms with E-state index >= 15 is 0 Å². The van der Waals surface area contributed by atoms with Crippen LogP contribution in [0.15, 0.2) is 30.4 Å². The van der Waals surface area contributed by atoms with E-state index in [1.165, 1.54) is 5.56 Å². The van der Waals surface area contributed by atoms with Crippen LogP contribution in [0.3, 0.4) is 0 Å². The van der Waals surface area contributed by atoms with E-state index in [9.17, 15) is 0 Å². The van der Waals surface area contributed by atoms with Gasteiger partial charge in [0.2, 0.25) is 0 Å². The highest BCUT2D eigenvalue weighted by molar-refractivity contribution is 5.61. The second-order valence-electron chi connectivity index (χ2n) is 3.70. The molecule has 2 nitrogen and oxygen atoms in total. The number of benzene rings is 1. The van der Waals surface area contributed by atoms with Crippen LogP contribution in [0.4, 0.5) is 5.69 Å². The van der Waals surface area contributed by atoms with Gasteiger partial charge in [-0.2, -0.15) is 0 Å². The fourth-order valence-electron chi connectivity index (χ4n) is 1.60. The monoisotopic (exact) mass is 189 g/mol. The third-order valence-electron chi connectivity index (χ3n) is 2.29. The molecule has 0 saturated carbocycles. The topological polar surface area (TPSA) is 21.3 Å². The summed E-state index contributed by atoms with van der Waals surface area (Å²) in [5, 5.41) is 3.32. The number of fused-ring (bicyclic) bond motifs is 1. The first kappa shape index (κ1) is 9.13. The molecule has 0 spiro atoms. The Morgan fingerprint density at radius 1 is 1.57 bits per heavy atom. The highest BCUT2D eigenvalue weighted by Gasteiger charge is 2.14. The summed E-state index contributed by atoms with van der Waals surface area (Å²) in [5.74, 6) is 1.02. The van der Waals surface area contributed by atoms with Crippen LogP contribution < -0.4 is 10.1 Å². The normalized spacial score (nSPS) is 13.2. The van der Waals surface area contributed by atoms with Gasteiger partial charge in [-0.05, 0) is 18.6 Å². The summed E-state index contributed by atoms with van der Waals surface area (Å²) in [6, 6.07) is 6.23. The molecule has 1 aliphatic heterocycles. The van der Waals surface area contributed by atoms with Gasteiger partial charge in [0.15, 0.2) is 0 Å². The van der Waals surface area contributed by atoms with E-state index in [0.29, 0.717) is 0 Å². The molecule has 0 radical (unpaired) electrons. The van der Waals surface area contributed by atoms with Crippen LogP contribution in [0.5, 0.6) is 5.75 Å². The van der Waals surface area contributed by atoms with Crippen molar-refractivity contribution >= 4 is 5.69 Å². The van der Waals surface area contributed by atoms with E-state index in [1.54, 1.807) is 0 Å². The van der Waals surface area contributed by atoms with Gasteiger partial charge in [0.1, 0.15) is 5.75 Å². The Labute approximate surface area is 84.6 Å². The van der Waals surface area contributed by atoms with Gasteiger partial charge in [-0.15, -0.1) is 0 Å². The number of hydrogen-bond donors (Lipinski definition) is 1. The Morgan fingerprint density at radius 3 is 3.21 bits per heavy atom. The second-order valence-corrected chi connectivity index (χ2v) is 3.70. The van der Waals surface area contributed by atoms with Crippen molar-refractivity contribution in [2.24, 2.45) is 0 Å². The minimum absolute atomic E-state index is 0.805. The third-order valence-corrected chi connectivity index (χ3v) is 2.29. The van der Waals surface area contributed by atoms with Gasteiger partial charge in [0.25, 0.3) is 0 Å². The lowest BCUT2D eigenvalue weighted by Crippen LogP contribution is -2.03. The Hall–Kier alpha value is -1.44. The standard InChI is InChI=1S/C12H15NO/c1-9(2)8-13-11-5-3-4-10-6-7-14-12(10)11/h3-5,13H,1,6-8H2,2H3. The molecule has 0 saturated heterocycles. The minimum atomic E-state index is 0.805. The maximum Gasteiger partial charge on any atom is 0.145 e. The van der Waals surface area contributed by atoms with Crippen molar-refractivity contribution in [1.82, 2.24) is 0 Å². The molecular formula is C12H15NO. The zero-order valence-electron chi connectivity index (χ0n) is 8.47. The molecule has 0 atom stereocenters. The predicted molar refractivity (Wildman–Crippen MR) is 58.9 cm³/mol. The summed E-state index contributed by atoms with van der Waals surface area (Å²) in [6.45, 7) is 7.48. The molecule has 1 aromatic carbocycles. The van der Waals surface area contributed by atoms with Crippen LogP contribution in [0.25, 0.3) is 0 Å². The van der Waals surface area contributed by atoms with E-state index in [1.807, 2.05) is 13.0 Å². The van der Waals surface area contributed by atoms with Crippen molar-refractivity contribution in [3.05, 3.63) is 35.9 Å². The van der Waals surface area contributed by atoms with Gasteiger partial charge >= 0.3 is 0 Å². The number of anilines is 1. The number of para-hydroxylation sites is 1. The first-order valence-corrected chi connectivity index (χ1v) is 4.90. The van der Waals surface area contributed by atoms with E-state index in [4.69, 9.17) is 4.74 Å². The summed E-state index contributed by atoms with van der Waals surface area (Å²) in [6.07, 6.45) is 1.03. The van der Waals surface area contributed by atoms with Crippen LogP contribution in [0, 0.1) is 0 Å². The lowest BCUT2D eigenvalue weighted by Gasteiger charge is -2.10. The maximum atomic E-state index is 5.57. The lowest BCUT2D eigenvalue weighted by atomic mass is 10.1. The van der Waals surface area contributed by atoms with Crippen molar-refractivity contribution in [2.45, 2.75) is 13.3 Å². The SMILES string of the molecule is C=C(C)CNc1cccc2c1OCC2. The second kappa shape index (κ2) is 3.74. The molecule has 2 rings (SSSR count). The summed E-state index contributed by atoms with van der Waals surface area (Å²) in [7, 11) is 0. The number of ether oxygens (including phenoxy) is 1. The van der Waals surface area contributed by atoms with E-state index < -0.39 is 0 Å². The molecule has 0 bridgehead atoms. The Kier molecular flexibility index (Phi) is 2.44. The molecule has 1 aliphatic rings. The molecule has 2 heteroatoms. The molecule has 14 heavy (non-hydrogen) atoms. The highest BCUT2D eigenvalue weighted by atomic mass is 16.5. The first-order chi connectivity index (χ1) is 6.77. The fraction of sp³-hybridized carbons (Fsp3) is 0.333. The Morgan fingerprint density at radius 2 is 2.43 bits per heavy atom. The predicted octanol–water partition coefficient (Wildman–Crippen LogP) is 2.61. The number of rotatable bonds is 3. The molecule has 0 aliphatic carbocycles. The van der Waals surface area contributed by atoms with Gasteiger partial charge in [-0.25, -0.2) is 0 Å². The van der Waals surface area contributed by atoms with Crippen LogP contribution in [-0.4, -0.2) is 13.2 Å². The van der Waals surface area contributed by atoms with E-state index in [2.05, 4.69) is 24.0 Å². The minimum Gasteiger partial charge on any atom is -0.491 e. The van der Waals surface area contributed by atoms with E-state index in [0.717, 1.165) is 36.6 Å². The molecule has 0 aromatic heterocycles. The van der Waals surface area contributed by atoms with Crippen LogP contribution >= 0.6 is 0 Å².